The van der Waals surface area contributed by atoms with Crippen LogP contribution in [0, 0.1) is 0 Å². The predicted molar refractivity (Wildman–Crippen MR) is 82.5 cm³/mol. The number of hydrogen-bond acceptors (Lipinski definition) is 2. The zero-order chi connectivity index (χ0) is 13.8. The molecule has 20 heavy (non-hydrogen) atoms. The van der Waals surface area contributed by atoms with Gasteiger partial charge in [-0.15, -0.1) is 0 Å². The van der Waals surface area contributed by atoms with E-state index in [1.54, 1.807) is 0 Å². The van der Waals surface area contributed by atoms with Crippen molar-refractivity contribution in [2.45, 2.75) is 32.0 Å². The van der Waals surface area contributed by atoms with E-state index in [-0.39, 0.29) is 0 Å². The molecule has 1 aromatic carbocycles. The van der Waals surface area contributed by atoms with Gasteiger partial charge in [0.25, 0.3) is 0 Å². The lowest BCUT2D eigenvalue weighted by atomic mass is 10.2. The van der Waals surface area contributed by atoms with Gasteiger partial charge in [0.05, 0.1) is 0 Å². The second kappa shape index (κ2) is 6.25. The van der Waals surface area contributed by atoms with Gasteiger partial charge in [-0.1, -0.05) is 30.3 Å². The minimum absolute atomic E-state index is 0.576. The Morgan fingerprint density at radius 3 is 2.70 bits per heavy atom. The summed E-state index contributed by atoms with van der Waals surface area (Å²) in [4.78, 5) is 2.52. The molecular formula is C17H23N3. The number of nitrogens with two attached hydrogens (primary N) is 1. The van der Waals surface area contributed by atoms with Crippen LogP contribution in [-0.4, -0.2) is 28.6 Å². The maximum absolute atomic E-state index is 5.84. The molecule has 0 saturated carbocycles. The molecule has 3 rings (SSSR count). The summed E-state index contributed by atoms with van der Waals surface area (Å²) in [7, 11) is 0. The van der Waals surface area contributed by atoms with Gasteiger partial charge in [0.2, 0.25) is 0 Å². The van der Waals surface area contributed by atoms with Gasteiger partial charge in [0.1, 0.15) is 0 Å². The van der Waals surface area contributed by atoms with Crippen molar-refractivity contribution in [3.05, 3.63) is 59.9 Å². The average molecular weight is 269 g/mol. The first kappa shape index (κ1) is 13.4. The SMILES string of the molecule is NCC1CCCN1Cc1ccn(Cc2ccccc2)c1. The van der Waals surface area contributed by atoms with Crippen LogP contribution < -0.4 is 5.73 Å². The maximum Gasteiger partial charge on any atom is 0.0470 e. The highest BCUT2D eigenvalue weighted by Gasteiger charge is 2.22. The number of aromatic nitrogens is 1. The third-order valence-corrected chi connectivity index (χ3v) is 4.18. The number of hydrogen-bond donors (Lipinski definition) is 1. The van der Waals surface area contributed by atoms with Gasteiger partial charge < -0.3 is 10.3 Å². The molecule has 1 saturated heterocycles. The molecule has 3 heteroatoms. The molecule has 0 aliphatic carbocycles. The minimum Gasteiger partial charge on any atom is -0.350 e. The van der Waals surface area contributed by atoms with Gasteiger partial charge in [-0.05, 0) is 36.6 Å². The van der Waals surface area contributed by atoms with Crippen molar-refractivity contribution < 1.29 is 0 Å². The molecule has 0 radical (unpaired) electrons. The van der Waals surface area contributed by atoms with E-state index >= 15 is 0 Å². The highest BCUT2D eigenvalue weighted by molar-refractivity contribution is 5.17. The first-order valence-electron chi connectivity index (χ1n) is 7.48. The van der Waals surface area contributed by atoms with E-state index in [1.165, 1.54) is 30.5 Å². The van der Waals surface area contributed by atoms with Crippen molar-refractivity contribution in [1.29, 1.82) is 0 Å². The quantitative estimate of drug-likeness (QED) is 0.904. The standard InChI is InChI=1S/C17H23N3/c18-11-17-7-4-9-20(17)14-16-8-10-19(13-16)12-15-5-2-1-3-6-15/h1-3,5-6,8,10,13,17H,4,7,9,11-12,14,18H2. The summed E-state index contributed by atoms with van der Waals surface area (Å²) in [6, 6.07) is 13.4. The Kier molecular flexibility index (Phi) is 4.19. The predicted octanol–water partition coefficient (Wildman–Crippen LogP) is 2.46. The van der Waals surface area contributed by atoms with Crippen LogP contribution >= 0.6 is 0 Å². The topological polar surface area (TPSA) is 34.2 Å². The zero-order valence-corrected chi connectivity index (χ0v) is 11.9. The second-order valence-corrected chi connectivity index (χ2v) is 5.68. The Balaban J connectivity index is 1.62. The van der Waals surface area contributed by atoms with Crippen LogP contribution in [0.3, 0.4) is 0 Å². The Morgan fingerprint density at radius 2 is 1.90 bits per heavy atom. The second-order valence-electron chi connectivity index (χ2n) is 5.68. The molecule has 2 heterocycles. The molecule has 0 amide bonds. The molecule has 3 nitrogen and oxygen atoms in total. The molecule has 106 valence electrons. The highest BCUT2D eigenvalue weighted by atomic mass is 15.2. The first-order chi connectivity index (χ1) is 9.85. The van der Waals surface area contributed by atoms with E-state index in [9.17, 15) is 0 Å². The Hall–Kier alpha value is -1.58. The maximum atomic E-state index is 5.84. The minimum atomic E-state index is 0.576. The van der Waals surface area contributed by atoms with E-state index in [4.69, 9.17) is 5.73 Å². The van der Waals surface area contributed by atoms with Crippen LogP contribution in [0.15, 0.2) is 48.8 Å². The van der Waals surface area contributed by atoms with Crippen LogP contribution in [-0.2, 0) is 13.1 Å². The lowest BCUT2D eigenvalue weighted by molar-refractivity contribution is 0.250. The Labute approximate surface area is 121 Å². The van der Waals surface area contributed by atoms with Crippen LogP contribution in [0.4, 0.5) is 0 Å². The molecular weight excluding hydrogens is 246 g/mol. The molecule has 1 fully saturated rings. The van der Waals surface area contributed by atoms with Crippen LogP contribution in [0.5, 0.6) is 0 Å². The summed E-state index contributed by atoms with van der Waals surface area (Å²) in [5.74, 6) is 0. The number of benzene rings is 1. The summed E-state index contributed by atoms with van der Waals surface area (Å²) < 4.78 is 2.26. The fourth-order valence-corrected chi connectivity index (χ4v) is 3.08. The molecule has 1 aliphatic rings. The largest absolute Gasteiger partial charge is 0.350 e. The van der Waals surface area contributed by atoms with Crippen LogP contribution in [0.1, 0.15) is 24.0 Å². The number of rotatable bonds is 5. The van der Waals surface area contributed by atoms with Crippen LogP contribution in [0.2, 0.25) is 0 Å². The van der Waals surface area contributed by atoms with Crippen molar-refractivity contribution in [3.8, 4) is 0 Å². The summed E-state index contributed by atoms with van der Waals surface area (Å²) in [5, 5.41) is 0. The van der Waals surface area contributed by atoms with E-state index in [1.807, 2.05) is 0 Å². The average Bonchev–Trinajstić information content (AvgIpc) is 3.10. The molecule has 2 N–H and O–H groups in total. The van der Waals surface area contributed by atoms with Crippen molar-refractivity contribution in [3.63, 3.8) is 0 Å². The molecule has 1 atom stereocenters. The first-order valence-corrected chi connectivity index (χ1v) is 7.48. The fraction of sp³-hybridized carbons (Fsp3) is 0.412. The van der Waals surface area contributed by atoms with Gasteiger partial charge in [-0.25, -0.2) is 0 Å². The zero-order valence-electron chi connectivity index (χ0n) is 11.9. The molecule has 1 unspecified atom stereocenters. The summed E-state index contributed by atoms with van der Waals surface area (Å²) >= 11 is 0. The van der Waals surface area contributed by atoms with E-state index in [2.05, 4.69) is 58.3 Å². The van der Waals surface area contributed by atoms with Gasteiger partial charge in [0, 0.05) is 38.1 Å². The third kappa shape index (κ3) is 3.11. The third-order valence-electron chi connectivity index (χ3n) is 4.18. The van der Waals surface area contributed by atoms with Gasteiger partial charge in [-0.2, -0.15) is 0 Å². The normalized spacial score (nSPS) is 19.6. The van der Waals surface area contributed by atoms with E-state index < -0.39 is 0 Å². The lowest BCUT2D eigenvalue weighted by Gasteiger charge is -2.22. The van der Waals surface area contributed by atoms with Crippen molar-refractivity contribution in [1.82, 2.24) is 9.47 Å². The van der Waals surface area contributed by atoms with Gasteiger partial charge >= 0.3 is 0 Å². The van der Waals surface area contributed by atoms with Gasteiger partial charge in [-0.3, -0.25) is 4.90 Å². The Bertz CT molecular complexity index is 532. The molecule has 2 aromatic rings. The van der Waals surface area contributed by atoms with Crippen molar-refractivity contribution >= 4 is 0 Å². The van der Waals surface area contributed by atoms with Gasteiger partial charge in [0.15, 0.2) is 0 Å². The van der Waals surface area contributed by atoms with E-state index in [0.29, 0.717) is 6.04 Å². The van der Waals surface area contributed by atoms with Crippen molar-refractivity contribution in [2.24, 2.45) is 5.73 Å². The van der Waals surface area contributed by atoms with Crippen LogP contribution in [0.25, 0.3) is 0 Å². The number of likely N-dealkylation sites (tertiary alicyclic amines) is 1. The smallest absolute Gasteiger partial charge is 0.0470 e. The fourth-order valence-electron chi connectivity index (χ4n) is 3.08. The monoisotopic (exact) mass is 269 g/mol. The summed E-state index contributed by atoms with van der Waals surface area (Å²) in [6.07, 6.45) is 6.97. The molecule has 0 spiro atoms. The van der Waals surface area contributed by atoms with E-state index in [0.717, 1.165) is 19.6 Å². The molecule has 1 aromatic heterocycles. The summed E-state index contributed by atoms with van der Waals surface area (Å²) in [6.45, 7) is 3.95. The van der Waals surface area contributed by atoms with Crippen molar-refractivity contribution in [2.75, 3.05) is 13.1 Å². The molecule has 0 bridgehead atoms. The lowest BCUT2D eigenvalue weighted by Crippen LogP contribution is -2.34. The summed E-state index contributed by atoms with van der Waals surface area (Å²) in [5.41, 5.74) is 8.57. The number of nitrogens with zero attached hydrogens (tertiary/aromatic N) is 2. The molecule has 1 aliphatic heterocycles. The highest BCUT2D eigenvalue weighted by Crippen LogP contribution is 2.19. The Morgan fingerprint density at radius 1 is 1.05 bits per heavy atom.